The number of carbonyl (C=O) groups excluding carboxylic acids is 3. The van der Waals surface area contributed by atoms with E-state index in [9.17, 15) is 14.4 Å². The molecule has 2 aliphatic carbocycles. The molecule has 1 aromatic carbocycles. The Morgan fingerprint density at radius 2 is 1.67 bits per heavy atom. The number of rotatable bonds is 4. The highest BCUT2D eigenvalue weighted by Crippen LogP contribution is 2.55. The van der Waals surface area contributed by atoms with Gasteiger partial charge in [-0.25, -0.2) is 0 Å². The molecule has 24 heavy (non-hydrogen) atoms. The predicted octanol–water partition coefficient (Wildman–Crippen LogP) is 0.916. The maximum absolute atomic E-state index is 12.5. The summed E-state index contributed by atoms with van der Waals surface area (Å²) in [6.45, 7) is 0.187. The van der Waals surface area contributed by atoms with Crippen LogP contribution in [0.25, 0.3) is 0 Å². The molecule has 1 aliphatic heterocycles. The quantitative estimate of drug-likeness (QED) is 0.635. The lowest BCUT2D eigenvalue weighted by Gasteiger charge is -2.19. The van der Waals surface area contributed by atoms with Crippen LogP contribution in [0.3, 0.4) is 0 Å². The van der Waals surface area contributed by atoms with Crippen molar-refractivity contribution in [3.05, 3.63) is 29.8 Å². The number of fused-ring (bicyclic) bond motifs is 5. The zero-order chi connectivity index (χ0) is 16.8. The number of nitrogen functional groups attached to an aromatic ring is 1. The Hall–Kier alpha value is -2.37. The zero-order valence-corrected chi connectivity index (χ0v) is 13.4. The first-order valence-electron chi connectivity index (χ1n) is 8.51. The van der Waals surface area contributed by atoms with Gasteiger partial charge in [-0.2, -0.15) is 0 Å². The van der Waals surface area contributed by atoms with Crippen LogP contribution in [0.15, 0.2) is 24.3 Å². The number of anilines is 1. The van der Waals surface area contributed by atoms with E-state index < -0.39 is 0 Å². The van der Waals surface area contributed by atoms with Crippen LogP contribution >= 0.6 is 0 Å². The van der Waals surface area contributed by atoms with Crippen molar-refractivity contribution < 1.29 is 14.4 Å². The Labute approximate surface area is 140 Å². The van der Waals surface area contributed by atoms with Gasteiger partial charge in [0.15, 0.2) is 0 Å². The summed E-state index contributed by atoms with van der Waals surface area (Å²) in [5.41, 5.74) is 7.21. The third kappa shape index (κ3) is 2.37. The maximum atomic E-state index is 12.5. The first-order chi connectivity index (χ1) is 11.5. The molecule has 3 fully saturated rings. The van der Waals surface area contributed by atoms with Crippen molar-refractivity contribution in [2.45, 2.75) is 25.8 Å². The van der Waals surface area contributed by atoms with E-state index in [0.717, 1.165) is 24.8 Å². The van der Waals surface area contributed by atoms with Gasteiger partial charge in [0.1, 0.15) is 6.54 Å². The van der Waals surface area contributed by atoms with Gasteiger partial charge < -0.3 is 11.1 Å². The average Bonchev–Trinajstić information content (AvgIpc) is 3.24. The van der Waals surface area contributed by atoms with Crippen LogP contribution in [-0.4, -0.2) is 29.2 Å². The molecule has 3 amide bonds. The number of amides is 3. The van der Waals surface area contributed by atoms with Gasteiger partial charge in [-0.3, -0.25) is 19.3 Å². The Balaban J connectivity index is 1.37. The summed E-state index contributed by atoms with van der Waals surface area (Å²) in [4.78, 5) is 38.4. The number of hydrogen-bond donors (Lipinski definition) is 2. The Morgan fingerprint density at radius 1 is 1.08 bits per heavy atom. The highest BCUT2D eigenvalue weighted by atomic mass is 16.2. The van der Waals surface area contributed by atoms with Crippen LogP contribution in [0.4, 0.5) is 5.69 Å². The number of nitrogens with zero attached hydrogens (tertiary/aromatic N) is 1. The van der Waals surface area contributed by atoms with E-state index in [1.54, 1.807) is 12.1 Å². The van der Waals surface area contributed by atoms with Crippen LogP contribution < -0.4 is 11.1 Å². The van der Waals surface area contributed by atoms with Crippen molar-refractivity contribution in [2.24, 2.45) is 23.7 Å². The lowest BCUT2D eigenvalue weighted by Crippen LogP contribution is -2.41. The number of likely N-dealkylation sites (tertiary alicyclic amines) is 1. The molecule has 2 bridgehead atoms. The normalized spacial score (nSPS) is 30.8. The average molecular weight is 327 g/mol. The van der Waals surface area contributed by atoms with Crippen molar-refractivity contribution in [1.82, 2.24) is 10.2 Å². The lowest BCUT2D eigenvalue weighted by atomic mass is 9.81. The molecule has 4 unspecified atom stereocenters. The van der Waals surface area contributed by atoms with Crippen molar-refractivity contribution in [1.29, 1.82) is 0 Å². The topological polar surface area (TPSA) is 92.5 Å². The first kappa shape index (κ1) is 15.2. The minimum absolute atomic E-state index is 0.139. The van der Waals surface area contributed by atoms with E-state index in [-0.39, 0.29) is 36.1 Å². The third-order valence-electron chi connectivity index (χ3n) is 5.79. The summed E-state index contributed by atoms with van der Waals surface area (Å²) in [5, 5.41) is 2.76. The molecule has 126 valence electrons. The summed E-state index contributed by atoms with van der Waals surface area (Å²) >= 11 is 0. The largest absolute Gasteiger partial charge is 0.399 e. The van der Waals surface area contributed by atoms with Gasteiger partial charge in [-0.05, 0) is 48.8 Å². The summed E-state index contributed by atoms with van der Waals surface area (Å²) in [7, 11) is 0. The molecular weight excluding hydrogens is 306 g/mol. The second-order valence-corrected chi connectivity index (χ2v) is 7.17. The fourth-order valence-electron chi connectivity index (χ4n) is 4.66. The Kier molecular flexibility index (Phi) is 3.55. The van der Waals surface area contributed by atoms with Gasteiger partial charge in [0.05, 0.1) is 11.8 Å². The number of nitrogens with two attached hydrogens (primary N) is 1. The molecule has 1 saturated heterocycles. The van der Waals surface area contributed by atoms with Crippen LogP contribution in [0.2, 0.25) is 0 Å². The first-order valence-corrected chi connectivity index (χ1v) is 8.51. The Bertz CT molecular complexity index is 672. The molecule has 4 atom stereocenters. The summed E-state index contributed by atoms with van der Waals surface area (Å²) in [5.74, 6) is -0.221. The molecule has 1 aromatic rings. The molecule has 6 heteroatoms. The molecule has 0 spiro atoms. The van der Waals surface area contributed by atoms with E-state index in [1.165, 1.54) is 4.90 Å². The summed E-state index contributed by atoms with van der Waals surface area (Å²) < 4.78 is 0. The Morgan fingerprint density at radius 3 is 2.25 bits per heavy atom. The van der Waals surface area contributed by atoms with Crippen molar-refractivity contribution in [3.8, 4) is 0 Å². The second-order valence-electron chi connectivity index (χ2n) is 7.17. The predicted molar refractivity (Wildman–Crippen MR) is 87.2 cm³/mol. The maximum Gasteiger partial charge on any atom is 0.240 e. The lowest BCUT2D eigenvalue weighted by molar-refractivity contribution is -0.144. The van der Waals surface area contributed by atoms with Gasteiger partial charge in [0.2, 0.25) is 17.7 Å². The number of nitrogens with one attached hydrogen (secondary N) is 1. The molecule has 0 radical (unpaired) electrons. The van der Waals surface area contributed by atoms with Crippen molar-refractivity contribution in [2.75, 3.05) is 12.3 Å². The summed E-state index contributed by atoms with van der Waals surface area (Å²) in [6.07, 6.45) is 3.09. The molecule has 1 heterocycles. The van der Waals surface area contributed by atoms with Crippen LogP contribution in [0.5, 0.6) is 0 Å². The monoisotopic (exact) mass is 327 g/mol. The standard InChI is InChI=1S/C18H21N3O3/c19-13-5-1-10(2-6-13)8-20-14(22)9-21-17(23)15-11-3-4-12(7-11)16(15)18(21)24/h1-2,5-6,11-12,15-16H,3-4,7-9,19H2,(H,20,22). The van der Waals surface area contributed by atoms with E-state index in [0.29, 0.717) is 24.1 Å². The molecule has 2 saturated carbocycles. The number of hydrogen-bond acceptors (Lipinski definition) is 4. The third-order valence-corrected chi connectivity index (χ3v) is 5.79. The molecule has 6 nitrogen and oxygen atoms in total. The second kappa shape index (κ2) is 5.61. The molecule has 3 N–H and O–H groups in total. The van der Waals surface area contributed by atoms with E-state index in [1.807, 2.05) is 12.1 Å². The van der Waals surface area contributed by atoms with Crippen molar-refractivity contribution >= 4 is 23.4 Å². The molecule has 4 rings (SSSR count). The van der Waals surface area contributed by atoms with E-state index in [2.05, 4.69) is 5.32 Å². The zero-order valence-electron chi connectivity index (χ0n) is 13.4. The molecular formula is C18H21N3O3. The minimum Gasteiger partial charge on any atom is -0.399 e. The fraction of sp³-hybridized carbons (Fsp3) is 0.500. The van der Waals surface area contributed by atoms with Crippen molar-refractivity contribution in [3.63, 3.8) is 0 Å². The van der Waals surface area contributed by atoms with Crippen LogP contribution in [0, 0.1) is 23.7 Å². The minimum atomic E-state index is -0.305. The van der Waals surface area contributed by atoms with Crippen LogP contribution in [-0.2, 0) is 20.9 Å². The number of benzene rings is 1. The smallest absolute Gasteiger partial charge is 0.240 e. The van der Waals surface area contributed by atoms with Gasteiger partial charge >= 0.3 is 0 Å². The summed E-state index contributed by atoms with van der Waals surface area (Å²) in [6, 6.07) is 7.21. The van der Waals surface area contributed by atoms with Gasteiger partial charge in [-0.1, -0.05) is 12.1 Å². The number of carbonyl (C=O) groups is 3. The van der Waals surface area contributed by atoms with Gasteiger partial charge in [-0.15, -0.1) is 0 Å². The van der Waals surface area contributed by atoms with Gasteiger partial charge in [0.25, 0.3) is 0 Å². The van der Waals surface area contributed by atoms with E-state index in [4.69, 9.17) is 5.73 Å². The number of imide groups is 1. The fourth-order valence-corrected chi connectivity index (χ4v) is 4.66. The highest BCUT2D eigenvalue weighted by Gasteiger charge is 2.60. The van der Waals surface area contributed by atoms with Gasteiger partial charge in [0, 0.05) is 12.2 Å². The molecule has 0 aromatic heterocycles. The van der Waals surface area contributed by atoms with E-state index >= 15 is 0 Å². The molecule has 3 aliphatic rings. The van der Waals surface area contributed by atoms with Crippen LogP contribution in [0.1, 0.15) is 24.8 Å². The highest BCUT2D eigenvalue weighted by molar-refractivity contribution is 6.08. The SMILES string of the molecule is Nc1ccc(CNC(=O)CN2C(=O)C3C4CCC(C4)C3C2=O)cc1.